The van der Waals surface area contributed by atoms with Crippen LogP contribution in [0.15, 0.2) is 28.7 Å². The van der Waals surface area contributed by atoms with Gasteiger partial charge < -0.3 is 14.5 Å². The molecule has 0 saturated carbocycles. The summed E-state index contributed by atoms with van der Waals surface area (Å²) >= 11 is 3.43. The van der Waals surface area contributed by atoms with E-state index >= 15 is 0 Å². The third kappa shape index (κ3) is 3.86. The first-order chi connectivity index (χ1) is 9.06. The molecular weight excluding hydrogens is 308 g/mol. The highest BCUT2D eigenvalue weighted by molar-refractivity contribution is 9.10. The van der Waals surface area contributed by atoms with Crippen LogP contribution in [0.5, 0.6) is 5.75 Å². The fourth-order valence-electron chi connectivity index (χ4n) is 2.18. The molecule has 0 unspecified atom stereocenters. The van der Waals surface area contributed by atoms with E-state index in [0.717, 1.165) is 36.2 Å². The number of likely N-dealkylation sites (tertiary alicyclic amines) is 1. The highest BCUT2D eigenvalue weighted by Crippen LogP contribution is 2.22. The van der Waals surface area contributed by atoms with E-state index in [4.69, 9.17) is 4.74 Å². The van der Waals surface area contributed by atoms with Crippen LogP contribution in [0.1, 0.15) is 12.8 Å². The molecule has 1 aromatic rings. The van der Waals surface area contributed by atoms with Crippen LogP contribution in [-0.2, 0) is 0 Å². The van der Waals surface area contributed by atoms with Crippen molar-refractivity contribution in [3.63, 3.8) is 0 Å². The molecular formula is C14H19BrN2O2. The van der Waals surface area contributed by atoms with Gasteiger partial charge >= 0.3 is 6.03 Å². The minimum absolute atomic E-state index is 0.0842. The Hall–Kier alpha value is -1.23. The molecule has 0 radical (unpaired) electrons. The molecule has 4 nitrogen and oxygen atoms in total. The van der Waals surface area contributed by atoms with E-state index in [1.807, 2.05) is 29.2 Å². The van der Waals surface area contributed by atoms with E-state index in [1.54, 1.807) is 19.0 Å². The molecule has 104 valence electrons. The maximum absolute atomic E-state index is 11.8. The van der Waals surface area contributed by atoms with Gasteiger partial charge in [0.2, 0.25) is 0 Å². The summed E-state index contributed by atoms with van der Waals surface area (Å²) in [6, 6.07) is 7.95. The van der Waals surface area contributed by atoms with Crippen LogP contribution in [0.3, 0.4) is 0 Å². The molecule has 1 heterocycles. The summed E-state index contributed by atoms with van der Waals surface area (Å²) in [7, 11) is 3.57. The number of carbonyl (C=O) groups excluding carboxylic acids is 1. The van der Waals surface area contributed by atoms with Crippen LogP contribution in [0, 0.1) is 0 Å². The van der Waals surface area contributed by atoms with Crippen molar-refractivity contribution in [2.75, 3.05) is 27.2 Å². The normalized spacial score (nSPS) is 16.3. The highest BCUT2D eigenvalue weighted by Gasteiger charge is 2.24. The first kappa shape index (κ1) is 14.2. The molecule has 1 aliphatic heterocycles. The van der Waals surface area contributed by atoms with E-state index in [1.165, 1.54) is 0 Å². The number of urea groups is 1. The Balaban J connectivity index is 1.85. The van der Waals surface area contributed by atoms with Crippen molar-refractivity contribution >= 4 is 22.0 Å². The second-order valence-electron chi connectivity index (χ2n) is 4.94. The van der Waals surface area contributed by atoms with Crippen LogP contribution in [0.4, 0.5) is 4.79 Å². The maximum Gasteiger partial charge on any atom is 0.319 e. The molecule has 0 spiro atoms. The van der Waals surface area contributed by atoms with Gasteiger partial charge in [-0.05, 0) is 18.2 Å². The van der Waals surface area contributed by atoms with E-state index in [2.05, 4.69) is 15.9 Å². The standard InChI is InChI=1S/C14H19BrN2O2/c1-16(2)14(18)17-8-6-12(7-9-17)19-13-5-3-4-11(15)10-13/h3-5,10,12H,6-9H2,1-2H3. The van der Waals surface area contributed by atoms with Crippen molar-refractivity contribution in [1.82, 2.24) is 9.80 Å². The molecule has 0 aromatic heterocycles. The lowest BCUT2D eigenvalue weighted by Crippen LogP contribution is -2.46. The molecule has 1 saturated heterocycles. The lowest BCUT2D eigenvalue weighted by atomic mass is 10.1. The molecule has 0 bridgehead atoms. The van der Waals surface area contributed by atoms with E-state index in [9.17, 15) is 4.79 Å². The van der Waals surface area contributed by atoms with Gasteiger partial charge in [0.15, 0.2) is 0 Å². The Kier molecular flexibility index (Phi) is 4.69. The summed E-state index contributed by atoms with van der Waals surface area (Å²) in [6.45, 7) is 1.52. The highest BCUT2D eigenvalue weighted by atomic mass is 79.9. The Morgan fingerprint density at radius 3 is 2.63 bits per heavy atom. The maximum atomic E-state index is 11.8. The first-order valence-corrected chi connectivity index (χ1v) is 7.24. The van der Waals surface area contributed by atoms with Gasteiger partial charge in [0.05, 0.1) is 0 Å². The lowest BCUT2D eigenvalue weighted by Gasteiger charge is -2.33. The molecule has 1 aromatic carbocycles. The second kappa shape index (κ2) is 6.28. The summed E-state index contributed by atoms with van der Waals surface area (Å²) in [6.07, 6.45) is 1.96. The van der Waals surface area contributed by atoms with E-state index in [0.29, 0.717) is 0 Å². The number of carbonyl (C=O) groups is 1. The number of ether oxygens (including phenoxy) is 1. The van der Waals surface area contributed by atoms with Gasteiger partial charge in [-0.3, -0.25) is 0 Å². The van der Waals surface area contributed by atoms with Crippen molar-refractivity contribution < 1.29 is 9.53 Å². The number of hydrogen-bond donors (Lipinski definition) is 0. The van der Waals surface area contributed by atoms with Crippen LogP contribution >= 0.6 is 15.9 Å². The molecule has 2 rings (SSSR count). The second-order valence-corrected chi connectivity index (χ2v) is 5.85. The van der Waals surface area contributed by atoms with Crippen molar-refractivity contribution in [2.24, 2.45) is 0 Å². The first-order valence-electron chi connectivity index (χ1n) is 6.44. The smallest absolute Gasteiger partial charge is 0.319 e. The van der Waals surface area contributed by atoms with E-state index < -0.39 is 0 Å². The Morgan fingerprint density at radius 1 is 1.37 bits per heavy atom. The average Bonchev–Trinajstić information content (AvgIpc) is 2.39. The monoisotopic (exact) mass is 326 g/mol. The van der Waals surface area contributed by atoms with Crippen LogP contribution in [0.25, 0.3) is 0 Å². The summed E-state index contributed by atoms with van der Waals surface area (Å²) in [5, 5.41) is 0. The van der Waals surface area contributed by atoms with Crippen LogP contribution < -0.4 is 4.74 Å². The number of halogens is 1. The molecule has 0 N–H and O–H groups in total. The number of hydrogen-bond acceptors (Lipinski definition) is 2. The number of nitrogens with zero attached hydrogens (tertiary/aromatic N) is 2. The predicted octanol–water partition coefficient (Wildman–Crippen LogP) is 2.97. The van der Waals surface area contributed by atoms with Crippen LogP contribution in [0.2, 0.25) is 0 Å². The van der Waals surface area contributed by atoms with Crippen molar-refractivity contribution in [2.45, 2.75) is 18.9 Å². The Labute approximate surface area is 122 Å². The molecule has 1 fully saturated rings. The minimum Gasteiger partial charge on any atom is -0.490 e. The quantitative estimate of drug-likeness (QED) is 0.837. The van der Waals surface area contributed by atoms with Gasteiger partial charge in [0.25, 0.3) is 0 Å². The fourth-order valence-corrected chi connectivity index (χ4v) is 2.56. The van der Waals surface area contributed by atoms with Crippen molar-refractivity contribution in [3.8, 4) is 5.75 Å². The van der Waals surface area contributed by atoms with E-state index in [-0.39, 0.29) is 12.1 Å². The van der Waals surface area contributed by atoms with Crippen molar-refractivity contribution in [1.29, 1.82) is 0 Å². The zero-order valence-corrected chi connectivity index (χ0v) is 12.9. The third-order valence-corrected chi connectivity index (χ3v) is 3.69. The van der Waals surface area contributed by atoms with Gasteiger partial charge in [-0.2, -0.15) is 0 Å². The number of rotatable bonds is 2. The van der Waals surface area contributed by atoms with Gasteiger partial charge in [0.1, 0.15) is 11.9 Å². The topological polar surface area (TPSA) is 32.8 Å². The SMILES string of the molecule is CN(C)C(=O)N1CCC(Oc2cccc(Br)c2)CC1. The average molecular weight is 327 g/mol. The zero-order chi connectivity index (χ0) is 13.8. The van der Waals surface area contributed by atoms with Gasteiger partial charge in [-0.1, -0.05) is 22.0 Å². The summed E-state index contributed by atoms with van der Waals surface area (Å²) in [5.74, 6) is 0.881. The largest absolute Gasteiger partial charge is 0.490 e. The Morgan fingerprint density at radius 2 is 2.05 bits per heavy atom. The Bertz CT molecular complexity index is 443. The minimum atomic E-state index is 0.0842. The summed E-state index contributed by atoms with van der Waals surface area (Å²) < 4.78 is 6.96. The van der Waals surface area contributed by atoms with Crippen molar-refractivity contribution in [3.05, 3.63) is 28.7 Å². The fraction of sp³-hybridized carbons (Fsp3) is 0.500. The third-order valence-electron chi connectivity index (χ3n) is 3.19. The number of benzene rings is 1. The number of amides is 2. The molecule has 19 heavy (non-hydrogen) atoms. The molecule has 1 aliphatic rings. The van der Waals surface area contributed by atoms with Gasteiger partial charge in [-0.15, -0.1) is 0 Å². The zero-order valence-electron chi connectivity index (χ0n) is 11.3. The molecule has 2 amide bonds. The summed E-state index contributed by atoms with van der Waals surface area (Å²) in [5.41, 5.74) is 0. The summed E-state index contributed by atoms with van der Waals surface area (Å²) in [4.78, 5) is 15.3. The molecule has 0 aliphatic carbocycles. The predicted molar refractivity (Wildman–Crippen MR) is 78.4 cm³/mol. The molecule has 0 atom stereocenters. The van der Waals surface area contributed by atoms with Gasteiger partial charge in [-0.25, -0.2) is 4.79 Å². The number of piperidine rings is 1. The molecule has 5 heteroatoms. The van der Waals surface area contributed by atoms with Gasteiger partial charge in [0, 0.05) is 44.5 Å². The lowest BCUT2D eigenvalue weighted by molar-refractivity contribution is 0.101. The van der Waals surface area contributed by atoms with Crippen LogP contribution in [-0.4, -0.2) is 49.1 Å².